The number of aryl methyl sites for hydroxylation is 1. The minimum atomic E-state index is 0.247. The molecule has 1 aliphatic rings. The molecule has 1 aromatic carbocycles. The van der Waals surface area contributed by atoms with E-state index >= 15 is 0 Å². The van der Waals surface area contributed by atoms with Crippen LogP contribution in [0, 0.1) is 6.92 Å². The molecule has 0 spiro atoms. The molecule has 1 aliphatic heterocycles. The van der Waals surface area contributed by atoms with Gasteiger partial charge in [-0.15, -0.1) is 0 Å². The second kappa shape index (κ2) is 5.94. The monoisotopic (exact) mass is 284 g/mol. The summed E-state index contributed by atoms with van der Waals surface area (Å²) in [4.78, 5) is 0. The molecule has 112 valence electrons. The Morgan fingerprint density at radius 3 is 3.05 bits per heavy atom. The van der Waals surface area contributed by atoms with Crippen LogP contribution in [-0.4, -0.2) is 17.2 Å². The van der Waals surface area contributed by atoms with E-state index in [1.54, 1.807) is 0 Å². The smallest absolute Gasteiger partial charge is 0.123 e. The number of nitrogens with one attached hydrogen (secondary N) is 1. The number of benzene rings is 1. The lowest BCUT2D eigenvalue weighted by Crippen LogP contribution is -2.20. The van der Waals surface area contributed by atoms with Crippen molar-refractivity contribution in [3.05, 3.63) is 53.3 Å². The largest absolute Gasteiger partial charge is 0.488 e. The fourth-order valence-electron chi connectivity index (χ4n) is 3.04. The van der Waals surface area contributed by atoms with Crippen LogP contribution in [0.2, 0.25) is 0 Å². The Labute approximate surface area is 126 Å². The molecule has 3 nitrogen and oxygen atoms in total. The van der Waals surface area contributed by atoms with Crippen LogP contribution in [0.15, 0.2) is 36.7 Å². The third-order valence-electron chi connectivity index (χ3n) is 4.16. The first-order valence-electron chi connectivity index (χ1n) is 7.81. The van der Waals surface area contributed by atoms with Gasteiger partial charge in [0.1, 0.15) is 11.9 Å². The molecule has 0 fully saturated rings. The van der Waals surface area contributed by atoms with E-state index in [0.717, 1.165) is 25.3 Å². The molecule has 2 unspecified atom stereocenters. The second-order valence-corrected chi connectivity index (χ2v) is 5.98. The van der Waals surface area contributed by atoms with Gasteiger partial charge in [0.15, 0.2) is 0 Å². The van der Waals surface area contributed by atoms with Crippen molar-refractivity contribution >= 4 is 0 Å². The van der Waals surface area contributed by atoms with Crippen LogP contribution in [-0.2, 0) is 13.0 Å². The normalized spacial score (nSPS) is 18.3. The van der Waals surface area contributed by atoms with Crippen LogP contribution in [0.5, 0.6) is 5.75 Å². The standard InChI is InChI=1S/C18H24N2O/c1-4-19-14(3)15-7-8-20(11-15)12-17-10-16-9-13(2)5-6-18(16)21-17/h5-9,11,14,17,19H,4,10,12H2,1-3H3. The number of rotatable bonds is 5. The third kappa shape index (κ3) is 3.13. The predicted molar refractivity (Wildman–Crippen MR) is 85.8 cm³/mol. The van der Waals surface area contributed by atoms with Gasteiger partial charge in [0.2, 0.25) is 0 Å². The lowest BCUT2D eigenvalue weighted by atomic mass is 10.1. The zero-order valence-corrected chi connectivity index (χ0v) is 13.1. The summed E-state index contributed by atoms with van der Waals surface area (Å²) < 4.78 is 8.29. The maximum Gasteiger partial charge on any atom is 0.123 e. The third-order valence-corrected chi connectivity index (χ3v) is 4.16. The summed E-state index contributed by atoms with van der Waals surface area (Å²) in [6.45, 7) is 8.38. The molecule has 3 rings (SSSR count). The Balaban J connectivity index is 1.64. The first-order chi connectivity index (χ1) is 10.2. The number of aromatic nitrogens is 1. The average Bonchev–Trinajstić information content (AvgIpc) is 3.05. The zero-order valence-electron chi connectivity index (χ0n) is 13.1. The lowest BCUT2D eigenvalue weighted by Gasteiger charge is -2.12. The molecule has 0 saturated heterocycles. The number of hydrogen-bond acceptors (Lipinski definition) is 2. The van der Waals surface area contributed by atoms with E-state index in [4.69, 9.17) is 4.74 Å². The van der Waals surface area contributed by atoms with E-state index in [1.807, 2.05) is 0 Å². The van der Waals surface area contributed by atoms with Crippen molar-refractivity contribution in [1.82, 2.24) is 9.88 Å². The summed E-state index contributed by atoms with van der Waals surface area (Å²) in [6, 6.07) is 9.05. The minimum absolute atomic E-state index is 0.247. The van der Waals surface area contributed by atoms with E-state index < -0.39 is 0 Å². The molecule has 0 bridgehead atoms. The Bertz CT molecular complexity index is 617. The van der Waals surface area contributed by atoms with Crippen molar-refractivity contribution in [3.8, 4) is 5.75 Å². The highest BCUT2D eigenvalue weighted by Gasteiger charge is 2.23. The van der Waals surface area contributed by atoms with Gasteiger partial charge >= 0.3 is 0 Å². The van der Waals surface area contributed by atoms with Crippen LogP contribution in [0.3, 0.4) is 0 Å². The van der Waals surface area contributed by atoms with Gasteiger partial charge in [0, 0.05) is 24.9 Å². The van der Waals surface area contributed by atoms with Crippen molar-refractivity contribution in [2.75, 3.05) is 6.54 Å². The van der Waals surface area contributed by atoms with Gasteiger partial charge < -0.3 is 14.6 Å². The minimum Gasteiger partial charge on any atom is -0.488 e. The highest BCUT2D eigenvalue weighted by Crippen LogP contribution is 2.30. The Hall–Kier alpha value is -1.74. The summed E-state index contributed by atoms with van der Waals surface area (Å²) in [5, 5.41) is 3.44. The topological polar surface area (TPSA) is 26.2 Å². The molecule has 21 heavy (non-hydrogen) atoms. The Morgan fingerprint density at radius 2 is 2.24 bits per heavy atom. The van der Waals surface area contributed by atoms with Crippen molar-refractivity contribution in [2.45, 2.75) is 45.9 Å². The van der Waals surface area contributed by atoms with Crippen molar-refractivity contribution in [1.29, 1.82) is 0 Å². The van der Waals surface area contributed by atoms with Crippen molar-refractivity contribution in [3.63, 3.8) is 0 Å². The number of ether oxygens (including phenoxy) is 1. The predicted octanol–water partition coefficient (Wildman–Crippen LogP) is 3.47. The molecule has 3 heteroatoms. The zero-order chi connectivity index (χ0) is 14.8. The summed E-state index contributed by atoms with van der Waals surface area (Å²) in [6.07, 6.45) is 5.63. The molecular weight excluding hydrogens is 260 g/mol. The maximum atomic E-state index is 6.05. The van der Waals surface area contributed by atoms with E-state index in [9.17, 15) is 0 Å². The lowest BCUT2D eigenvalue weighted by molar-refractivity contribution is 0.209. The molecule has 0 amide bonds. The Morgan fingerprint density at radius 1 is 1.38 bits per heavy atom. The number of fused-ring (bicyclic) bond motifs is 1. The van der Waals surface area contributed by atoms with E-state index in [0.29, 0.717) is 6.04 Å². The first-order valence-corrected chi connectivity index (χ1v) is 7.81. The first kappa shape index (κ1) is 14.2. The highest BCUT2D eigenvalue weighted by atomic mass is 16.5. The van der Waals surface area contributed by atoms with Crippen molar-refractivity contribution in [2.24, 2.45) is 0 Å². The quantitative estimate of drug-likeness (QED) is 0.910. The molecule has 0 radical (unpaired) electrons. The van der Waals surface area contributed by atoms with Gasteiger partial charge in [-0.1, -0.05) is 24.6 Å². The van der Waals surface area contributed by atoms with E-state index in [1.165, 1.54) is 16.7 Å². The second-order valence-electron chi connectivity index (χ2n) is 5.98. The van der Waals surface area contributed by atoms with Crippen LogP contribution in [0.4, 0.5) is 0 Å². The summed E-state index contributed by atoms with van der Waals surface area (Å²) >= 11 is 0. The van der Waals surface area contributed by atoms with E-state index in [-0.39, 0.29) is 6.10 Å². The van der Waals surface area contributed by atoms with Gasteiger partial charge in [-0.25, -0.2) is 0 Å². The van der Waals surface area contributed by atoms with Gasteiger partial charge in [-0.2, -0.15) is 0 Å². The highest BCUT2D eigenvalue weighted by molar-refractivity contribution is 5.40. The average molecular weight is 284 g/mol. The van der Waals surface area contributed by atoms with Crippen LogP contribution in [0.1, 0.15) is 36.6 Å². The number of nitrogens with zero attached hydrogens (tertiary/aromatic N) is 1. The van der Waals surface area contributed by atoms with Gasteiger partial charge in [0.05, 0.1) is 6.54 Å². The van der Waals surface area contributed by atoms with Crippen LogP contribution in [0.25, 0.3) is 0 Å². The summed E-state index contributed by atoms with van der Waals surface area (Å²) in [7, 11) is 0. The molecule has 2 atom stereocenters. The van der Waals surface area contributed by atoms with Gasteiger partial charge in [0.25, 0.3) is 0 Å². The summed E-state index contributed by atoms with van der Waals surface area (Å²) in [5.41, 5.74) is 3.98. The van der Waals surface area contributed by atoms with Gasteiger partial charge in [-0.3, -0.25) is 0 Å². The SMILES string of the molecule is CCNC(C)c1ccn(CC2Cc3cc(C)ccc3O2)c1. The Kier molecular flexibility index (Phi) is 4.02. The molecule has 1 aromatic heterocycles. The van der Waals surface area contributed by atoms with E-state index in [2.05, 4.69) is 67.3 Å². The van der Waals surface area contributed by atoms with Gasteiger partial charge in [-0.05, 0) is 43.7 Å². The molecule has 2 heterocycles. The fraction of sp³-hybridized carbons (Fsp3) is 0.444. The molecule has 2 aromatic rings. The summed E-state index contributed by atoms with van der Waals surface area (Å²) in [5.74, 6) is 1.05. The molecule has 0 saturated carbocycles. The molecule has 1 N–H and O–H groups in total. The molecule has 0 aliphatic carbocycles. The molecular formula is C18H24N2O. The fourth-order valence-corrected chi connectivity index (χ4v) is 3.04. The number of hydrogen-bond donors (Lipinski definition) is 1. The maximum absolute atomic E-state index is 6.05. The van der Waals surface area contributed by atoms with Crippen LogP contribution < -0.4 is 10.1 Å². The van der Waals surface area contributed by atoms with Crippen molar-refractivity contribution < 1.29 is 4.74 Å². The van der Waals surface area contributed by atoms with Crippen LogP contribution >= 0.6 is 0 Å².